The normalized spacial score (nSPS) is 11.5. The van der Waals surface area contributed by atoms with Crippen LogP contribution in [0.1, 0.15) is 18.9 Å². The Morgan fingerprint density at radius 2 is 2.00 bits per heavy atom. The second-order valence-corrected chi connectivity index (χ2v) is 2.99. The van der Waals surface area contributed by atoms with Crippen LogP contribution in [0.2, 0.25) is 0 Å². The lowest BCUT2D eigenvalue weighted by Gasteiger charge is -2.05. The highest BCUT2D eigenvalue weighted by Gasteiger charge is 2.13. The van der Waals surface area contributed by atoms with Gasteiger partial charge in [-0.15, -0.1) is 0 Å². The summed E-state index contributed by atoms with van der Waals surface area (Å²) >= 11 is 0. The lowest BCUT2D eigenvalue weighted by molar-refractivity contribution is -0.132. The molecular weight excluding hydrogens is 190 g/mol. The van der Waals surface area contributed by atoms with Crippen LogP contribution < -0.4 is 0 Å². The maximum atomic E-state index is 10.8. The number of nitrogens with zero attached hydrogens (tertiary/aromatic N) is 1. The van der Waals surface area contributed by atoms with Crippen LogP contribution in [0.3, 0.4) is 0 Å². The maximum Gasteiger partial charge on any atom is 0.346 e. The Morgan fingerprint density at radius 1 is 1.40 bits per heavy atom. The van der Waals surface area contributed by atoms with Crippen LogP contribution in [-0.2, 0) is 4.79 Å². The quantitative estimate of drug-likeness (QED) is 0.603. The number of hydrogen-bond acceptors (Lipinski definition) is 2. The zero-order valence-corrected chi connectivity index (χ0v) is 8.40. The van der Waals surface area contributed by atoms with Crippen molar-refractivity contribution < 1.29 is 9.90 Å². The van der Waals surface area contributed by atoms with Crippen LogP contribution >= 0.6 is 0 Å². The van der Waals surface area contributed by atoms with E-state index in [1.54, 1.807) is 18.2 Å². The van der Waals surface area contributed by atoms with Gasteiger partial charge in [-0.3, -0.25) is 0 Å². The molecule has 0 fully saturated rings. The third-order valence-corrected chi connectivity index (χ3v) is 2.10. The third-order valence-electron chi connectivity index (χ3n) is 2.10. The van der Waals surface area contributed by atoms with Crippen molar-refractivity contribution in [3.05, 3.63) is 41.5 Å². The zero-order valence-electron chi connectivity index (χ0n) is 8.40. The summed E-state index contributed by atoms with van der Waals surface area (Å²) in [4.78, 5) is 10.8. The van der Waals surface area contributed by atoms with Crippen LogP contribution in [0.15, 0.2) is 35.9 Å². The second kappa shape index (κ2) is 4.97. The summed E-state index contributed by atoms with van der Waals surface area (Å²) < 4.78 is 0. The first-order valence-electron chi connectivity index (χ1n) is 4.62. The molecule has 0 heterocycles. The van der Waals surface area contributed by atoms with Gasteiger partial charge in [0.25, 0.3) is 0 Å². The van der Waals surface area contributed by atoms with Gasteiger partial charge in [-0.05, 0) is 17.6 Å². The van der Waals surface area contributed by atoms with Gasteiger partial charge < -0.3 is 5.11 Å². The SMILES string of the molecule is CCC(=C(C#N)C(=O)O)c1ccccc1. The van der Waals surface area contributed by atoms with Gasteiger partial charge in [-0.1, -0.05) is 37.3 Å². The van der Waals surface area contributed by atoms with E-state index >= 15 is 0 Å². The topological polar surface area (TPSA) is 61.1 Å². The molecule has 0 atom stereocenters. The minimum atomic E-state index is -1.17. The van der Waals surface area contributed by atoms with E-state index in [-0.39, 0.29) is 5.57 Å². The number of carboxylic acids is 1. The fraction of sp³-hybridized carbons (Fsp3) is 0.167. The Kier molecular flexibility index (Phi) is 3.64. The summed E-state index contributed by atoms with van der Waals surface area (Å²) in [6.07, 6.45) is 0.527. The minimum Gasteiger partial charge on any atom is -0.477 e. The van der Waals surface area contributed by atoms with Crippen molar-refractivity contribution in [2.24, 2.45) is 0 Å². The highest BCUT2D eigenvalue weighted by Crippen LogP contribution is 2.21. The first-order chi connectivity index (χ1) is 7.20. The summed E-state index contributed by atoms with van der Waals surface area (Å²) in [5.74, 6) is -1.17. The van der Waals surface area contributed by atoms with E-state index in [9.17, 15) is 4.79 Å². The van der Waals surface area contributed by atoms with Crippen molar-refractivity contribution >= 4 is 11.5 Å². The fourth-order valence-electron chi connectivity index (χ4n) is 1.41. The van der Waals surface area contributed by atoms with E-state index < -0.39 is 5.97 Å². The number of carboxylic acid groups (broad SMARTS) is 1. The van der Waals surface area contributed by atoms with E-state index in [1.807, 2.05) is 25.1 Å². The molecule has 0 bridgehead atoms. The minimum absolute atomic E-state index is 0.177. The largest absolute Gasteiger partial charge is 0.477 e. The highest BCUT2D eigenvalue weighted by atomic mass is 16.4. The van der Waals surface area contributed by atoms with Gasteiger partial charge >= 0.3 is 5.97 Å². The van der Waals surface area contributed by atoms with Gasteiger partial charge in [-0.2, -0.15) is 5.26 Å². The molecule has 0 unspecified atom stereocenters. The summed E-state index contributed by atoms with van der Waals surface area (Å²) in [5.41, 5.74) is 1.19. The van der Waals surface area contributed by atoms with Crippen molar-refractivity contribution in [3.8, 4) is 6.07 Å². The number of nitriles is 1. The molecular formula is C12H11NO2. The third kappa shape index (κ3) is 2.44. The molecule has 1 aromatic carbocycles. The molecule has 3 heteroatoms. The average Bonchev–Trinajstić information content (AvgIpc) is 2.26. The van der Waals surface area contributed by atoms with E-state index in [2.05, 4.69) is 0 Å². The van der Waals surface area contributed by atoms with Crippen LogP contribution in [-0.4, -0.2) is 11.1 Å². The highest BCUT2D eigenvalue weighted by molar-refractivity contribution is 6.00. The second-order valence-electron chi connectivity index (χ2n) is 2.99. The van der Waals surface area contributed by atoms with E-state index in [4.69, 9.17) is 10.4 Å². The summed E-state index contributed by atoms with van der Waals surface area (Å²) in [6, 6.07) is 10.8. The molecule has 0 aliphatic rings. The molecule has 0 saturated heterocycles. The number of aliphatic carboxylic acids is 1. The van der Waals surface area contributed by atoms with Gasteiger partial charge in [0.1, 0.15) is 11.6 Å². The number of benzene rings is 1. The Hall–Kier alpha value is -2.08. The molecule has 3 nitrogen and oxygen atoms in total. The molecule has 1 rings (SSSR count). The van der Waals surface area contributed by atoms with Crippen molar-refractivity contribution in [1.29, 1.82) is 5.26 Å². The molecule has 1 aromatic rings. The van der Waals surface area contributed by atoms with Gasteiger partial charge in [0.05, 0.1) is 0 Å². The van der Waals surface area contributed by atoms with Crippen LogP contribution in [0.4, 0.5) is 0 Å². The molecule has 1 N–H and O–H groups in total. The maximum absolute atomic E-state index is 10.8. The lowest BCUT2D eigenvalue weighted by Crippen LogP contribution is -2.02. The Labute approximate surface area is 88.3 Å². The Bertz CT molecular complexity index is 427. The van der Waals surface area contributed by atoms with Crippen LogP contribution in [0.25, 0.3) is 5.57 Å². The van der Waals surface area contributed by atoms with E-state index in [0.29, 0.717) is 12.0 Å². The number of hydrogen-bond donors (Lipinski definition) is 1. The molecule has 0 aliphatic heterocycles. The van der Waals surface area contributed by atoms with Gasteiger partial charge in [0, 0.05) is 0 Å². The van der Waals surface area contributed by atoms with Crippen molar-refractivity contribution in [1.82, 2.24) is 0 Å². The number of allylic oxidation sites excluding steroid dienone is 1. The van der Waals surface area contributed by atoms with Gasteiger partial charge in [-0.25, -0.2) is 4.79 Å². The molecule has 76 valence electrons. The van der Waals surface area contributed by atoms with Crippen molar-refractivity contribution in [3.63, 3.8) is 0 Å². The Balaban J connectivity index is 3.31. The predicted molar refractivity (Wildman–Crippen MR) is 56.9 cm³/mol. The molecule has 0 amide bonds. The fourth-order valence-corrected chi connectivity index (χ4v) is 1.41. The zero-order chi connectivity index (χ0) is 11.3. The monoisotopic (exact) mass is 201 g/mol. The Morgan fingerprint density at radius 3 is 2.40 bits per heavy atom. The lowest BCUT2D eigenvalue weighted by atomic mass is 9.98. The standard InChI is InChI=1S/C12H11NO2/c1-2-10(11(8-13)12(14)15)9-6-4-3-5-7-9/h3-7H,2H2,1H3,(H,14,15). The van der Waals surface area contributed by atoms with Crippen molar-refractivity contribution in [2.45, 2.75) is 13.3 Å². The summed E-state index contributed by atoms with van der Waals surface area (Å²) in [7, 11) is 0. The molecule has 0 aromatic heterocycles. The first-order valence-corrected chi connectivity index (χ1v) is 4.62. The molecule has 15 heavy (non-hydrogen) atoms. The predicted octanol–water partition coefficient (Wildman–Crippen LogP) is 2.46. The molecule has 0 aliphatic carbocycles. The number of carbonyl (C=O) groups is 1. The number of rotatable bonds is 3. The molecule has 0 spiro atoms. The van der Waals surface area contributed by atoms with E-state index in [1.165, 1.54) is 0 Å². The van der Waals surface area contributed by atoms with Crippen LogP contribution in [0.5, 0.6) is 0 Å². The van der Waals surface area contributed by atoms with E-state index in [0.717, 1.165) is 5.56 Å². The van der Waals surface area contributed by atoms with Gasteiger partial charge in [0.2, 0.25) is 0 Å². The smallest absolute Gasteiger partial charge is 0.346 e. The molecule has 0 radical (unpaired) electrons. The molecule has 0 saturated carbocycles. The average molecular weight is 201 g/mol. The first kappa shape index (κ1) is 11.0. The van der Waals surface area contributed by atoms with Gasteiger partial charge in [0.15, 0.2) is 0 Å². The van der Waals surface area contributed by atoms with Crippen molar-refractivity contribution in [2.75, 3.05) is 0 Å². The van der Waals surface area contributed by atoms with Crippen LogP contribution in [0, 0.1) is 11.3 Å². The summed E-state index contributed by atoms with van der Waals surface area (Å²) in [5, 5.41) is 17.6. The summed E-state index contributed by atoms with van der Waals surface area (Å²) in [6.45, 7) is 1.84.